The van der Waals surface area contributed by atoms with Gasteiger partial charge >= 0.3 is 0 Å². The highest BCUT2D eigenvalue weighted by molar-refractivity contribution is 4.88. The molecule has 1 saturated heterocycles. The molecule has 0 N–H and O–H groups in total. The fourth-order valence-corrected chi connectivity index (χ4v) is 0.936. The topological polar surface area (TPSA) is 27.7 Å². The van der Waals surface area contributed by atoms with Gasteiger partial charge in [0.25, 0.3) is 11.8 Å². The lowest BCUT2D eigenvalue weighted by atomic mass is 10.2. The summed E-state index contributed by atoms with van der Waals surface area (Å²) in [4.78, 5) is 3.04. The van der Waals surface area contributed by atoms with Gasteiger partial charge in [0.1, 0.15) is 6.61 Å². The van der Waals surface area contributed by atoms with E-state index < -0.39 is 30.8 Å². The van der Waals surface area contributed by atoms with E-state index >= 15 is 0 Å². The second-order valence-corrected chi connectivity index (χ2v) is 3.64. The van der Waals surface area contributed by atoms with Crippen LogP contribution >= 0.6 is 0 Å². The van der Waals surface area contributed by atoms with Crippen molar-refractivity contribution in [1.82, 2.24) is 0 Å². The zero-order valence-electron chi connectivity index (χ0n) is 9.74. The summed E-state index contributed by atoms with van der Waals surface area (Å²) in [6.07, 6.45) is 0. The number of rotatable bonds is 3. The third-order valence-electron chi connectivity index (χ3n) is 2.05. The van der Waals surface area contributed by atoms with Crippen molar-refractivity contribution >= 4 is 0 Å². The minimum absolute atomic E-state index is 0.153. The van der Waals surface area contributed by atoms with Gasteiger partial charge in [-0.1, -0.05) is 0 Å². The summed E-state index contributed by atoms with van der Waals surface area (Å²) in [5.41, 5.74) is 0. The third-order valence-corrected chi connectivity index (χ3v) is 2.05. The Hall–Kier alpha value is -0.470. The van der Waals surface area contributed by atoms with Crippen molar-refractivity contribution in [1.29, 1.82) is 0 Å². The van der Waals surface area contributed by atoms with Crippen LogP contribution in [0, 0.1) is 0 Å². The molecule has 3 nitrogen and oxygen atoms in total. The Morgan fingerprint density at radius 1 is 1.41 bits per heavy atom. The van der Waals surface area contributed by atoms with Crippen molar-refractivity contribution in [3.63, 3.8) is 0 Å². The minimum atomic E-state index is -3.38. The molecule has 1 fully saturated rings. The molecule has 1 aliphatic rings. The van der Waals surface area contributed by atoms with Crippen LogP contribution < -0.4 is 0 Å². The molecule has 1 rings (SSSR count). The van der Waals surface area contributed by atoms with Crippen molar-refractivity contribution < 1.29 is 36.5 Å². The lowest BCUT2D eigenvalue weighted by Gasteiger charge is -2.29. The third kappa shape index (κ3) is 4.36. The standard InChI is InChI=1S/C7H10F4O2.C2H5FO/c1-5(9,10)6(2)12-4-7(11,3-8)13-6;1-2-4-3/h3-4H2,1-2H3;2H2,1H3. The maximum Gasteiger partial charge on any atom is 0.297 e. The Bertz CT molecular complexity index is 233. The van der Waals surface area contributed by atoms with E-state index in [2.05, 4.69) is 14.4 Å². The summed E-state index contributed by atoms with van der Waals surface area (Å²) in [7, 11) is 0. The second-order valence-electron chi connectivity index (χ2n) is 3.64. The molecule has 0 bridgehead atoms. The molecular formula is C9H15F5O3. The van der Waals surface area contributed by atoms with E-state index in [4.69, 9.17) is 0 Å². The van der Waals surface area contributed by atoms with Crippen LogP contribution in [-0.2, 0) is 14.4 Å². The molecule has 0 aromatic heterocycles. The average Bonchev–Trinajstić information content (AvgIpc) is 2.57. The van der Waals surface area contributed by atoms with Crippen molar-refractivity contribution in [3.8, 4) is 0 Å². The van der Waals surface area contributed by atoms with Gasteiger partial charge in [0.05, 0.1) is 6.61 Å². The van der Waals surface area contributed by atoms with Crippen LogP contribution in [-0.4, -0.2) is 37.5 Å². The SMILES string of the molecule is CC(F)(F)C1(C)OCC(F)(CF)O1.CCOF. The van der Waals surface area contributed by atoms with Crippen LogP contribution in [0.1, 0.15) is 20.8 Å². The van der Waals surface area contributed by atoms with Gasteiger partial charge in [0.15, 0.2) is 6.67 Å². The van der Waals surface area contributed by atoms with Crippen LogP contribution in [0.4, 0.5) is 22.1 Å². The summed E-state index contributed by atoms with van der Waals surface area (Å²) in [5.74, 6) is -8.50. The predicted molar refractivity (Wildman–Crippen MR) is 48.6 cm³/mol. The molecule has 1 heterocycles. The molecule has 0 aromatic carbocycles. The number of halogens is 5. The zero-order valence-corrected chi connectivity index (χ0v) is 9.74. The normalized spacial score (nSPS) is 33.2. The summed E-state index contributed by atoms with van der Waals surface area (Å²) in [6, 6.07) is 0. The molecular weight excluding hydrogens is 251 g/mol. The van der Waals surface area contributed by atoms with E-state index in [1.165, 1.54) is 0 Å². The molecule has 2 atom stereocenters. The van der Waals surface area contributed by atoms with Gasteiger partial charge < -0.3 is 9.47 Å². The van der Waals surface area contributed by atoms with Gasteiger partial charge in [-0.2, -0.15) is 4.94 Å². The molecule has 17 heavy (non-hydrogen) atoms. The lowest BCUT2D eigenvalue weighted by Crippen LogP contribution is -2.46. The van der Waals surface area contributed by atoms with Crippen molar-refractivity contribution in [2.24, 2.45) is 0 Å². The molecule has 104 valence electrons. The van der Waals surface area contributed by atoms with E-state index in [1.54, 1.807) is 6.92 Å². The zero-order chi connectivity index (χ0) is 13.7. The minimum Gasteiger partial charge on any atom is -0.339 e. The first kappa shape index (κ1) is 16.5. The second kappa shape index (κ2) is 5.92. The highest BCUT2D eigenvalue weighted by atomic mass is 19.3. The van der Waals surface area contributed by atoms with Crippen LogP contribution in [0.2, 0.25) is 0 Å². The molecule has 0 aliphatic carbocycles. The molecule has 0 spiro atoms. The van der Waals surface area contributed by atoms with Crippen LogP contribution in [0.15, 0.2) is 0 Å². The molecule has 0 radical (unpaired) electrons. The maximum atomic E-state index is 13.0. The summed E-state index contributed by atoms with van der Waals surface area (Å²) < 4.78 is 69.4. The number of hydrogen-bond acceptors (Lipinski definition) is 3. The summed E-state index contributed by atoms with van der Waals surface area (Å²) in [6.45, 7) is 0.822. The van der Waals surface area contributed by atoms with Crippen molar-refractivity contribution in [3.05, 3.63) is 0 Å². The monoisotopic (exact) mass is 266 g/mol. The fourth-order valence-electron chi connectivity index (χ4n) is 0.936. The summed E-state index contributed by atoms with van der Waals surface area (Å²) in [5, 5.41) is 0. The van der Waals surface area contributed by atoms with E-state index in [9.17, 15) is 22.1 Å². The highest BCUT2D eigenvalue weighted by Gasteiger charge is 2.59. The number of hydrogen-bond donors (Lipinski definition) is 0. The number of ether oxygens (including phenoxy) is 2. The van der Waals surface area contributed by atoms with Crippen LogP contribution in [0.25, 0.3) is 0 Å². The molecule has 0 amide bonds. The van der Waals surface area contributed by atoms with Gasteiger partial charge in [-0.25, -0.2) is 17.6 Å². The van der Waals surface area contributed by atoms with E-state index in [0.717, 1.165) is 6.92 Å². The number of alkyl halides is 4. The largest absolute Gasteiger partial charge is 0.339 e. The Morgan fingerprint density at radius 3 is 2.06 bits per heavy atom. The fraction of sp³-hybridized carbons (Fsp3) is 1.00. The van der Waals surface area contributed by atoms with Crippen molar-refractivity contribution in [2.75, 3.05) is 19.9 Å². The van der Waals surface area contributed by atoms with Crippen molar-refractivity contribution in [2.45, 2.75) is 38.3 Å². The quantitative estimate of drug-likeness (QED) is 0.735. The maximum absolute atomic E-state index is 13.0. The van der Waals surface area contributed by atoms with Gasteiger partial charge in [-0.05, 0) is 18.4 Å². The van der Waals surface area contributed by atoms with E-state index in [1.807, 2.05) is 0 Å². The Kier molecular flexibility index (Phi) is 5.76. The lowest BCUT2D eigenvalue weighted by molar-refractivity contribution is -0.303. The predicted octanol–water partition coefficient (Wildman–Crippen LogP) is 2.95. The van der Waals surface area contributed by atoms with Gasteiger partial charge in [0.2, 0.25) is 5.79 Å². The Balaban J connectivity index is 0.000000557. The van der Waals surface area contributed by atoms with Gasteiger partial charge in [-0.3, -0.25) is 0 Å². The first-order valence-electron chi connectivity index (χ1n) is 4.84. The molecule has 1 aliphatic heterocycles. The average molecular weight is 266 g/mol. The van der Waals surface area contributed by atoms with E-state index in [-0.39, 0.29) is 6.61 Å². The summed E-state index contributed by atoms with van der Waals surface area (Å²) >= 11 is 0. The Labute approximate surface area is 95.7 Å². The molecule has 0 saturated carbocycles. The molecule has 8 heteroatoms. The van der Waals surface area contributed by atoms with Gasteiger partial charge in [0, 0.05) is 6.92 Å². The van der Waals surface area contributed by atoms with Crippen LogP contribution in [0.3, 0.4) is 0 Å². The first-order valence-corrected chi connectivity index (χ1v) is 4.84. The highest BCUT2D eigenvalue weighted by Crippen LogP contribution is 2.42. The molecule has 2 unspecified atom stereocenters. The van der Waals surface area contributed by atoms with Crippen LogP contribution in [0.5, 0.6) is 0 Å². The molecule has 0 aromatic rings. The van der Waals surface area contributed by atoms with Gasteiger partial charge in [-0.15, -0.1) is 0 Å². The van der Waals surface area contributed by atoms with E-state index in [0.29, 0.717) is 6.92 Å². The first-order chi connectivity index (χ1) is 7.64. The Morgan fingerprint density at radius 2 is 1.88 bits per heavy atom. The smallest absolute Gasteiger partial charge is 0.297 e.